The normalized spacial score (nSPS) is 10.0. The van der Waals surface area contributed by atoms with Crippen LogP contribution in [0.3, 0.4) is 0 Å². The number of hydrogen-bond acceptors (Lipinski definition) is 3. The predicted octanol–water partition coefficient (Wildman–Crippen LogP) is 4.49. The second-order valence-electron chi connectivity index (χ2n) is 5.52. The van der Waals surface area contributed by atoms with Crippen molar-refractivity contribution in [2.75, 3.05) is 12.4 Å². The van der Waals surface area contributed by atoms with Gasteiger partial charge in [-0.15, -0.1) is 0 Å². The SMILES string of the molecule is COc1ccccc1C(=O)NC(=S)Nc1ccccc1-c1ccccc1. The largest absolute Gasteiger partial charge is 0.496 e. The van der Waals surface area contributed by atoms with E-state index in [2.05, 4.69) is 10.6 Å². The summed E-state index contributed by atoms with van der Waals surface area (Å²) in [6.07, 6.45) is 0. The number of amides is 1. The zero-order valence-corrected chi connectivity index (χ0v) is 15.0. The molecule has 26 heavy (non-hydrogen) atoms. The first-order chi connectivity index (χ1) is 12.7. The number of carbonyl (C=O) groups excluding carboxylic acids is 1. The Bertz CT molecular complexity index is 926. The van der Waals surface area contributed by atoms with Crippen LogP contribution < -0.4 is 15.4 Å². The summed E-state index contributed by atoms with van der Waals surface area (Å²) in [5, 5.41) is 6.03. The van der Waals surface area contributed by atoms with E-state index >= 15 is 0 Å². The Kier molecular flexibility index (Phi) is 5.61. The summed E-state index contributed by atoms with van der Waals surface area (Å²) in [5.74, 6) is 0.176. The minimum atomic E-state index is -0.322. The van der Waals surface area contributed by atoms with Crippen LogP contribution in [-0.2, 0) is 0 Å². The molecule has 3 aromatic carbocycles. The third-order valence-electron chi connectivity index (χ3n) is 3.84. The summed E-state index contributed by atoms with van der Waals surface area (Å²) in [6, 6.07) is 24.8. The van der Waals surface area contributed by atoms with E-state index in [0.717, 1.165) is 16.8 Å². The van der Waals surface area contributed by atoms with Crippen LogP contribution in [0.15, 0.2) is 78.9 Å². The minimum Gasteiger partial charge on any atom is -0.496 e. The summed E-state index contributed by atoms with van der Waals surface area (Å²) in [5.41, 5.74) is 3.32. The Balaban J connectivity index is 1.76. The molecule has 0 aliphatic rings. The van der Waals surface area contributed by atoms with Gasteiger partial charge in [-0.1, -0.05) is 60.7 Å². The molecule has 2 N–H and O–H groups in total. The molecule has 3 aromatic rings. The Labute approximate surface area is 157 Å². The number of rotatable bonds is 4. The van der Waals surface area contributed by atoms with Crippen LogP contribution in [0.5, 0.6) is 5.75 Å². The van der Waals surface area contributed by atoms with Crippen molar-refractivity contribution in [1.82, 2.24) is 5.32 Å². The Morgan fingerprint density at radius 1 is 0.885 bits per heavy atom. The number of nitrogens with one attached hydrogen (secondary N) is 2. The standard InChI is InChI=1S/C21H18N2O2S/c1-25-19-14-8-6-12-17(19)20(24)23-21(26)22-18-13-7-5-11-16(18)15-9-3-2-4-10-15/h2-14H,1H3,(H2,22,23,24,26). The maximum atomic E-state index is 12.5. The maximum absolute atomic E-state index is 12.5. The first kappa shape index (κ1) is 17.6. The summed E-state index contributed by atoms with van der Waals surface area (Å²) in [6.45, 7) is 0. The van der Waals surface area contributed by atoms with Gasteiger partial charge in [-0.05, 0) is 36.0 Å². The average molecular weight is 362 g/mol. The van der Waals surface area contributed by atoms with Crippen molar-refractivity contribution < 1.29 is 9.53 Å². The van der Waals surface area contributed by atoms with E-state index in [9.17, 15) is 4.79 Å². The van der Waals surface area contributed by atoms with Crippen molar-refractivity contribution in [1.29, 1.82) is 0 Å². The fraction of sp³-hybridized carbons (Fsp3) is 0.0476. The number of ether oxygens (including phenoxy) is 1. The molecule has 0 spiro atoms. The van der Waals surface area contributed by atoms with Gasteiger partial charge in [0.2, 0.25) is 0 Å². The van der Waals surface area contributed by atoms with Gasteiger partial charge < -0.3 is 10.1 Å². The molecule has 3 rings (SSSR count). The van der Waals surface area contributed by atoms with Crippen molar-refractivity contribution in [2.24, 2.45) is 0 Å². The molecule has 0 bridgehead atoms. The lowest BCUT2D eigenvalue weighted by Gasteiger charge is -2.14. The van der Waals surface area contributed by atoms with Crippen molar-refractivity contribution in [2.45, 2.75) is 0 Å². The topological polar surface area (TPSA) is 50.4 Å². The molecule has 0 aliphatic heterocycles. The van der Waals surface area contributed by atoms with Crippen LogP contribution in [0.25, 0.3) is 11.1 Å². The molecule has 130 valence electrons. The Morgan fingerprint density at radius 3 is 2.31 bits per heavy atom. The summed E-state index contributed by atoms with van der Waals surface area (Å²) in [4.78, 5) is 12.5. The summed E-state index contributed by atoms with van der Waals surface area (Å²) < 4.78 is 5.22. The molecular weight excluding hydrogens is 344 g/mol. The number of para-hydroxylation sites is 2. The zero-order chi connectivity index (χ0) is 18.4. The molecular formula is C21H18N2O2S. The first-order valence-corrected chi connectivity index (χ1v) is 8.49. The molecule has 0 radical (unpaired) electrons. The van der Waals surface area contributed by atoms with Gasteiger partial charge in [0.25, 0.3) is 5.91 Å². The van der Waals surface area contributed by atoms with Gasteiger partial charge >= 0.3 is 0 Å². The highest BCUT2D eigenvalue weighted by Crippen LogP contribution is 2.27. The average Bonchev–Trinajstić information content (AvgIpc) is 2.69. The highest BCUT2D eigenvalue weighted by molar-refractivity contribution is 7.80. The van der Waals surface area contributed by atoms with E-state index < -0.39 is 0 Å². The van der Waals surface area contributed by atoms with Gasteiger partial charge in [-0.3, -0.25) is 10.1 Å². The maximum Gasteiger partial charge on any atom is 0.261 e. The van der Waals surface area contributed by atoms with Crippen molar-refractivity contribution in [3.63, 3.8) is 0 Å². The molecule has 0 unspecified atom stereocenters. The third-order valence-corrected chi connectivity index (χ3v) is 4.04. The lowest BCUT2D eigenvalue weighted by atomic mass is 10.0. The molecule has 0 atom stereocenters. The van der Waals surface area contributed by atoms with E-state index in [1.807, 2.05) is 60.7 Å². The number of thiocarbonyl (C=S) groups is 1. The van der Waals surface area contributed by atoms with Crippen LogP contribution in [0.1, 0.15) is 10.4 Å². The van der Waals surface area contributed by atoms with Gasteiger partial charge in [-0.25, -0.2) is 0 Å². The zero-order valence-electron chi connectivity index (χ0n) is 14.2. The van der Waals surface area contributed by atoms with Gasteiger partial charge in [0, 0.05) is 11.3 Å². The number of anilines is 1. The fourth-order valence-corrected chi connectivity index (χ4v) is 2.82. The molecule has 0 aliphatic carbocycles. The van der Waals surface area contributed by atoms with Gasteiger partial charge in [0.1, 0.15) is 5.75 Å². The lowest BCUT2D eigenvalue weighted by Crippen LogP contribution is -2.34. The van der Waals surface area contributed by atoms with E-state index in [-0.39, 0.29) is 11.0 Å². The smallest absolute Gasteiger partial charge is 0.261 e. The molecule has 0 heterocycles. The van der Waals surface area contributed by atoms with Crippen molar-refractivity contribution in [3.05, 3.63) is 84.4 Å². The fourth-order valence-electron chi connectivity index (χ4n) is 2.62. The van der Waals surface area contributed by atoms with E-state index in [1.54, 1.807) is 18.2 Å². The molecule has 4 nitrogen and oxygen atoms in total. The lowest BCUT2D eigenvalue weighted by molar-refractivity contribution is 0.0975. The summed E-state index contributed by atoms with van der Waals surface area (Å²) in [7, 11) is 1.53. The minimum absolute atomic E-state index is 0.226. The monoisotopic (exact) mass is 362 g/mol. The summed E-state index contributed by atoms with van der Waals surface area (Å²) >= 11 is 5.32. The third kappa shape index (κ3) is 4.07. The number of carbonyl (C=O) groups is 1. The van der Waals surface area contributed by atoms with E-state index in [0.29, 0.717) is 11.3 Å². The van der Waals surface area contributed by atoms with Crippen molar-refractivity contribution in [3.8, 4) is 16.9 Å². The molecule has 0 aromatic heterocycles. The number of hydrogen-bond donors (Lipinski definition) is 2. The Morgan fingerprint density at radius 2 is 1.54 bits per heavy atom. The second-order valence-corrected chi connectivity index (χ2v) is 5.93. The molecule has 0 saturated carbocycles. The van der Waals surface area contributed by atoms with Crippen molar-refractivity contribution >= 4 is 28.9 Å². The molecule has 5 heteroatoms. The highest BCUT2D eigenvalue weighted by Gasteiger charge is 2.13. The first-order valence-electron chi connectivity index (χ1n) is 8.09. The molecule has 0 fully saturated rings. The van der Waals surface area contributed by atoms with E-state index in [4.69, 9.17) is 17.0 Å². The molecule has 1 amide bonds. The number of benzene rings is 3. The van der Waals surface area contributed by atoms with Gasteiger partial charge in [0.05, 0.1) is 12.7 Å². The van der Waals surface area contributed by atoms with Crippen LogP contribution in [-0.4, -0.2) is 18.1 Å². The van der Waals surface area contributed by atoms with Crippen LogP contribution in [0.4, 0.5) is 5.69 Å². The van der Waals surface area contributed by atoms with Crippen LogP contribution >= 0.6 is 12.2 Å². The number of methoxy groups -OCH3 is 1. The van der Waals surface area contributed by atoms with Crippen LogP contribution in [0, 0.1) is 0 Å². The Hall–Kier alpha value is -3.18. The molecule has 0 saturated heterocycles. The second kappa shape index (κ2) is 8.27. The van der Waals surface area contributed by atoms with Crippen LogP contribution in [0.2, 0.25) is 0 Å². The quantitative estimate of drug-likeness (QED) is 0.672. The van der Waals surface area contributed by atoms with Gasteiger partial charge in [0.15, 0.2) is 5.11 Å². The highest BCUT2D eigenvalue weighted by atomic mass is 32.1. The predicted molar refractivity (Wildman–Crippen MR) is 109 cm³/mol. The van der Waals surface area contributed by atoms with Gasteiger partial charge in [-0.2, -0.15) is 0 Å². The van der Waals surface area contributed by atoms with E-state index in [1.165, 1.54) is 7.11 Å².